The molecule has 0 bridgehead atoms. The van der Waals surface area contributed by atoms with Crippen LogP contribution in [0.2, 0.25) is 0 Å². The van der Waals surface area contributed by atoms with Gasteiger partial charge >= 0.3 is 0 Å². The standard InChI is InChI=1S/C12H19N5/c1-5-9-11(13)12(16(4)14-9)17-7-6-10(15-17)8(2)3/h6-8H,5,13H2,1-4H3. The molecule has 0 saturated heterocycles. The predicted octanol–water partition coefficient (Wildman–Crippen LogP) is 1.87. The highest BCUT2D eigenvalue weighted by Gasteiger charge is 2.15. The average Bonchev–Trinajstić information content (AvgIpc) is 2.83. The van der Waals surface area contributed by atoms with Gasteiger partial charge in [0.1, 0.15) is 5.69 Å². The molecule has 2 heterocycles. The number of nitrogens with zero attached hydrogens (tertiary/aromatic N) is 4. The van der Waals surface area contributed by atoms with E-state index in [9.17, 15) is 0 Å². The van der Waals surface area contributed by atoms with Crippen LogP contribution in [0.3, 0.4) is 0 Å². The fourth-order valence-corrected chi connectivity index (χ4v) is 1.88. The molecule has 0 amide bonds. The molecule has 0 spiro atoms. The van der Waals surface area contributed by atoms with Crippen LogP contribution in [0.5, 0.6) is 0 Å². The second-order valence-corrected chi connectivity index (χ2v) is 4.50. The maximum Gasteiger partial charge on any atom is 0.175 e. The molecular formula is C12H19N5. The first kappa shape index (κ1) is 11.7. The fraction of sp³-hybridized carbons (Fsp3) is 0.500. The van der Waals surface area contributed by atoms with Crippen LogP contribution in [0, 0.1) is 0 Å². The summed E-state index contributed by atoms with van der Waals surface area (Å²) in [6.45, 7) is 6.29. The highest BCUT2D eigenvalue weighted by atomic mass is 15.4. The highest BCUT2D eigenvalue weighted by Crippen LogP contribution is 2.22. The van der Waals surface area contributed by atoms with Gasteiger partial charge in [0, 0.05) is 13.2 Å². The third-order valence-corrected chi connectivity index (χ3v) is 2.88. The highest BCUT2D eigenvalue weighted by molar-refractivity contribution is 5.57. The van der Waals surface area contributed by atoms with Gasteiger partial charge in [0.05, 0.1) is 11.4 Å². The van der Waals surface area contributed by atoms with Gasteiger partial charge in [0.25, 0.3) is 0 Å². The molecule has 5 nitrogen and oxygen atoms in total. The molecule has 0 saturated carbocycles. The second-order valence-electron chi connectivity index (χ2n) is 4.50. The van der Waals surface area contributed by atoms with E-state index in [1.54, 1.807) is 9.36 Å². The van der Waals surface area contributed by atoms with Crippen molar-refractivity contribution >= 4 is 5.69 Å². The predicted molar refractivity (Wildman–Crippen MR) is 68.2 cm³/mol. The lowest BCUT2D eigenvalue weighted by atomic mass is 10.1. The van der Waals surface area contributed by atoms with E-state index in [0.717, 1.165) is 23.6 Å². The first-order chi connectivity index (χ1) is 8.04. The number of aromatic nitrogens is 4. The minimum Gasteiger partial charge on any atom is -0.394 e. The van der Waals surface area contributed by atoms with E-state index in [0.29, 0.717) is 11.6 Å². The average molecular weight is 233 g/mol. The Kier molecular flexibility index (Phi) is 2.92. The number of aryl methyl sites for hydroxylation is 2. The summed E-state index contributed by atoms with van der Waals surface area (Å²) in [5.41, 5.74) is 8.78. The Morgan fingerprint density at radius 1 is 1.35 bits per heavy atom. The van der Waals surface area contributed by atoms with E-state index in [2.05, 4.69) is 24.0 Å². The van der Waals surface area contributed by atoms with Gasteiger partial charge in [-0.3, -0.25) is 0 Å². The summed E-state index contributed by atoms with van der Waals surface area (Å²) in [7, 11) is 1.89. The Balaban J connectivity index is 2.48. The lowest BCUT2D eigenvalue weighted by Gasteiger charge is -2.03. The van der Waals surface area contributed by atoms with Crippen LogP contribution in [0.4, 0.5) is 5.69 Å². The number of nitrogen functional groups attached to an aromatic ring is 1. The molecule has 0 fully saturated rings. The number of hydrogen-bond acceptors (Lipinski definition) is 3. The molecule has 2 N–H and O–H groups in total. The van der Waals surface area contributed by atoms with Gasteiger partial charge < -0.3 is 5.73 Å². The molecular weight excluding hydrogens is 214 g/mol. The third kappa shape index (κ3) is 1.92. The van der Waals surface area contributed by atoms with Crippen molar-refractivity contribution < 1.29 is 0 Å². The molecule has 0 aliphatic heterocycles. The van der Waals surface area contributed by atoms with E-state index in [1.807, 2.05) is 26.2 Å². The van der Waals surface area contributed by atoms with Crippen LogP contribution in [-0.4, -0.2) is 19.6 Å². The molecule has 0 atom stereocenters. The van der Waals surface area contributed by atoms with Crippen molar-refractivity contribution in [2.75, 3.05) is 5.73 Å². The monoisotopic (exact) mass is 233 g/mol. The van der Waals surface area contributed by atoms with Crippen molar-refractivity contribution in [3.05, 3.63) is 23.7 Å². The lowest BCUT2D eigenvalue weighted by Crippen LogP contribution is -2.06. The fourth-order valence-electron chi connectivity index (χ4n) is 1.88. The summed E-state index contributed by atoms with van der Waals surface area (Å²) in [5, 5.41) is 8.92. The Morgan fingerprint density at radius 3 is 2.53 bits per heavy atom. The van der Waals surface area contributed by atoms with E-state index in [-0.39, 0.29) is 0 Å². The summed E-state index contributed by atoms with van der Waals surface area (Å²) in [4.78, 5) is 0. The minimum atomic E-state index is 0.413. The van der Waals surface area contributed by atoms with Crippen LogP contribution >= 0.6 is 0 Å². The van der Waals surface area contributed by atoms with Crippen LogP contribution in [0.15, 0.2) is 12.3 Å². The Bertz CT molecular complexity index is 521. The molecule has 0 radical (unpaired) electrons. The van der Waals surface area contributed by atoms with Gasteiger partial charge in [-0.25, -0.2) is 9.36 Å². The summed E-state index contributed by atoms with van der Waals surface area (Å²) in [6.07, 6.45) is 2.76. The summed E-state index contributed by atoms with van der Waals surface area (Å²) < 4.78 is 3.59. The van der Waals surface area contributed by atoms with Crippen molar-refractivity contribution in [3.8, 4) is 5.82 Å². The van der Waals surface area contributed by atoms with Crippen molar-refractivity contribution in [1.82, 2.24) is 19.6 Å². The SMILES string of the molecule is CCc1nn(C)c(-n2ccc(C(C)C)n2)c1N. The zero-order valence-electron chi connectivity index (χ0n) is 10.8. The zero-order chi connectivity index (χ0) is 12.6. The minimum absolute atomic E-state index is 0.413. The second kappa shape index (κ2) is 4.24. The van der Waals surface area contributed by atoms with E-state index in [4.69, 9.17) is 5.73 Å². The Labute approximate surface area is 101 Å². The smallest absolute Gasteiger partial charge is 0.175 e. The molecule has 0 aliphatic rings. The van der Waals surface area contributed by atoms with Gasteiger partial charge in [-0.05, 0) is 18.4 Å². The van der Waals surface area contributed by atoms with E-state index in [1.165, 1.54) is 0 Å². The molecule has 92 valence electrons. The molecule has 2 aromatic heterocycles. The molecule has 2 aromatic rings. The summed E-state index contributed by atoms with van der Waals surface area (Å²) >= 11 is 0. The zero-order valence-corrected chi connectivity index (χ0v) is 10.8. The van der Waals surface area contributed by atoms with Gasteiger partial charge in [-0.15, -0.1) is 0 Å². The quantitative estimate of drug-likeness (QED) is 0.880. The number of anilines is 1. The number of rotatable bonds is 3. The Morgan fingerprint density at radius 2 is 2.06 bits per heavy atom. The van der Waals surface area contributed by atoms with Gasteiger partial charge in [0.15, 0.2) is 5.82 Å². The largest absolute Gasteiger partial charge is 0.394 e. The summed E-state index contributed by atoms with van der Waals surface area (Å²) in [6, 6.07) is 2.02. The molecule has 5 heteroatoms. The van der Waals surface area contributed by atoms with Crippen LogP contribution in [-0.2, 0) is 13.5 Å². The van der Waals surface area contributed by atoms with Crippen LogP contribution in [0.25, 0.3) is 5.82 Å². The number of nitrogens with two attached hydrogens (primary N) is 1. The van der Waals surface area contributed by atoms with Crippen molar-refractivity contribution in [2.45, 2.75) is 33.1 Å². The van der Waals surface area contributed by atoms with Gasteiger partial charge in [-0.1, -0.05) is 20.8 Å². The van der Waals surface area contributed by atoms with Crippen molar-refractivity contribution in [3.63, 3.8) is 0 Å². The summed E-state index contributed by atoms with van der Waals surface area (Å²) in [5.74, 6) is 1.25. The first-order valence-electron chi connectivity index (χ1n) is 5.91. The molecule has 17 heavy (non-hydrogen) atoms. The Hall–Kier alpha value is -1.78. The normalized spacial score (nSPS) is 11.4. The lowest BCUT2D eigenvalue weighted by molar-refractivity contribution is 0.677. The van der Waals surface area contributed by atoms with Crippen LogP contribution < -0.4 is 5.73 Å². The van der Waals surface area contributed by atoms with Crippen molar-refractivity contribution in [1.29, 1.82) is 0 Å². The molecule has 0 unspecified atom stereocenters. The van der Waals surface area contributed by atoms with E-state index >= 15 is 0 Å². The van der Waals surface area contributed by atoms with Crippen LogP contribution in [0.1, 0.15) is 38.1 Å². The maximum atomic E-state index is 6.09. The molecule has 0 aromatic carbocycles. The van der Waals surface area contributed by atoms with Gasteiger partial charge in [0.2, 0.25) is 0 Å². The van der Waals surface area contributed by atoms with E-state index < -0.39 is 0 Å². The van der Waals surface area contributed by atoms with Gasteiger partial charge in [-0.2, -0.15) is 10.2 Å². The molecule has 2 rings (SSSR count). The topological polar surface area (TPSA) is 61.7 Å². The first-order valence-corrected chi connectivity index (χ1v) is 5.91. The third-order valence-electron chi connectivity index (χ3n) is 2.88. The maximum absolute atomic E-state index is 6.09. The van der Waals surface area contributed by atoms with Crippen molar-refractivity contribution in [2.24, 2.45) is 7.05 Å². The number of hydrogen-bond donors (Lipinski definition) is 1. The molecule has 0 aliphatic carbocycles.